The molecule has 19 heavy (non-hydrogen) atoms. The van der Waals surface area contributed by atoms with Crippen LogP contribution in [-0.2, 0) is 6.18 Å². The van der Waals surface area contributed by atoms with Gasteiger partial charge in [0.2, 0.25) is 0 Å². The molecule has 0 fully saturated rings. The van der Waals surface area contributed by atoms with Crippen molar-refractivity contribution >= 4 is 27.3 Å². The molecule has 1 heterocycles. The minimum Gasteiger partial charge on any atom is -0.320 e. The van der Waals surface area contributed by atoms with E-state index in [1.54, 1.807) is 11.4 Å². The molecule has 0 bridgehead atoms. The number of hydrogen-bond acceptors (Lipinski definition) is 2. The monoisotopic (exact) mass is 353 g/mol. The summed E-state index contributed by atoms with van der Waals surface area (Å²) in [5.41, 5.74) is 4.94. The molecule has 1 unspecified atom stereocenters. The number of halogens is 5. The predicted molar refractivity (Wildman–Crippen MR) is 69.5 cm³/mol. The fraction of sp³-hybridized carbons (Fsp3) is 0.167. The Balaban J connectivity index is 2.38. The van der Waals surface area contributed by atoms with Gasteiger partial charge < -0.3 is 5.73 Å². The van der Waals surface area contributed by atoms with Crippen LogP contribution in [0.1, 0.15) is 22.0 Å². The Kier molecular flexibility index (Phi) is 3.98. The number of hydrogen-bond donors (Lipinski definition) is 1. The molecule has 0 amide bonds. The molecule has 0 aliphatic heterocycles. The van der Waals surface area contributed by atoms with Crippen LogP contribution < -0.4 is 5.73 Å². The lowest BCUT2D eigenvalue weighted by molar-refractivity contribution is -0.140. The van der Waals surface area contributed by atoms with E-state index in [0.29, 0.717) is 11.6 Å². The zero-order chi connectivity index (χ0) is 14.2. The molecule has 0 aliphatic carbocycles. The number of thiophene rings is 1. The summed E-state index contributed by atoms with van der Waals surface area (Å²) >= 11 is 4.64. The largest absolute Gasteiger partial charge is 0.419 e. The van der Waals surface area contributed by atoms with Crippen molar-refractivity contribution in [3.05, 3.63) is 55.9 Å². The van der Waals surface area contributed by atoms with Crippen LogP contribution in [0.25, 0.3) is 0 Å². The minimum atomic E-state index is -4.70. The van der Waals surface area contributed by atoms with Crippen molar-refractivity contribution in [3.8, 4) is 0 Å². The van der Waals surface area contributed by atoms with Crippen LogP contribution in [-0.4, -0.2) is 0 Å². The Labute approximate surface area is 119 Å². The first-order valence-corrected chi connectivity index (χ1v) is 6.83. The van der Waals surface area contributed by atoms with Crippen molar-refractivity contribution < 1.29 is 17.6 Å². The summed E-state index contributed by atoms with van der Waals surface area (Å²) in [6.07, 6.45) is -4.70. The Morgan fingerprint density at radius 2 is 1.89 bits per heavy atom. The maximum atomic E-state index is 13.5. The third-order valence-electron chi connectivity index (χ3n) is 2.58. The second kappa shape index (κ2) is 5.22. The van der Waals surface area contributed by atoms with Gasteiger partial charge in [-0.25, -0.2) is 4.39 Å². The number of nitrogens with two attached hydrogens (primary N) is 1. The van der Waals surface area contributed by atoms with Crippen molar-refractivity contribution in [2.24, 2.45) is 5.73 Å². The lowest BCUT2D eigenvalue weighted by Crippen LogP contribution is -2.13. The van der Waals surface area contributed by atoms with Gasteiger partial charge in [-0.05, 0) is 45.1 Å². The summed E-state index contributed by atoms with van der Waals surface area (Å²) in [6.45, 7) is 0. The number of benzene rings is 1. The SMILES string of the molecule is NC(c1ccc(C(F)(F)F)c(F)c1)c1sccc1Br. The highest BCUT2D eigenvalue weighted by Gasteiger charge is 2.34. The highest BCUT2D eigenvalue weighted by molar-refractivity contribution is 9.10. The van der Waals surface area contributed by atoms with Gasteiger partial charge in [-0.1, -0.05) is 6.07 Å². The lowest BCUT2D eigenvalue weighted by atomic mass is 10.0. The normalized spacial score (nSPS) is 13.6. The molecular formula is C12H8BrF4NS. The highest BCUT2D eigenvalue weighted by atomic mass is 79.9. The van der Waals surface area contributed by atoms with Crippen molar-refractivity contribution in [1.29, 1.82) is 0 Å². The summed E-state index contributed by atoms with van der Waals surface area (Å²) in [6, 6.07) is 3.86. The molecule has 0 saturated heterocycles. The van der Waals surface area contributed by atoms with E-state index in [1.165, 1.54) is 17.4 Å². The van der Waals surface area contributed by atoms with Crippen LogP contribution in [0.15, 0.2) is 34.1 Å². The topological polar surface area (TPSA) is 26.0 Å². The van der Waals surface area contributed by atoms with E-state index < -0.39 is 23.6 Å². The molecule has 2 aromatic rings. The smallest absolute Gasteiger partial charge is 0.320 e. The second-order valence-electron chi connectivity index (χ2n) is 3.85. The second-order valence-corrected chi connectivity index (χ2v) is 5.65. The van der Waals surface area contributed by atoms with E-state index in [4.69, 9.17) is 5.73 Å². The molecular weight excluding hydrogens is 346 g/mol. The minimum absolute atomic E-state index is 0.300. The van der Waals surface area contributed by atoms with Gasteiger partial charge in [-0.2, -0.15) is 13.2 Å². The van der Waals surface area contributed by atoms with Crippen LogP contribution in [0.4, 0.5) is 17.6 Å². The Morgan fingerprint density at radius 3 is 2.37 bits per heavy atom. The molecule has 0 saturated carbocycles. The predicted octanol–water partition coefficient (Wildman–Crippen LogP) is 4.72. The molecule has 1 aromatic heterocycles. The zero-order valence-electron chi connectivity index (χ0n) is 9.34. The average molecular weight is 354 g/mol. The van der Waals surface area contributed by atoms with Gasteiger partial charge >= 0.3 is 6.18 Å². The van der Waals surface area contributed by atoms with Gasteiger partial charge in [0.15, 0.2) is 0 Å². The van der Waals surface area contributed by atoms with E-state index in [2.05, 4.69) is 15.9 Å². The first-order chi connectivity index (χ1) is 8.80. The Hall–Kier alpha value is -0.920. The van der Waals surface area contributed by atoms with Gasteiger partial charge in [0.25, 0.3) is 0 Å². The molecule has 0 aliphatic rings. The van der Waals surface area contributed by atoms with Crippen molar-refractivity contribution in [3.63, 3.8) is 0 Å². The quantitative estimate of drug-likeness (QED) is 0.777. The number of rotatable bonds is 2. The molecule has 1 aromatic carbocycles. The van der Waals surface area contributed by atoms with Gasteiger partial charge in [-0.15, -0.1) is 11.3 Å². The standard InChI is InChI=1S/C12H8BrF4NS/c13-8-3-4-19-11(8)10(18)6-1-2-7(9(14)5-6)12(15,16)17/h1-5,10H,18H2. The van der Waals surface area contributed by atoms with E-state index >= 15 is 0 Å². The maximum absolute atomic E-state index is 13.5. The molecule has 1 nitrogen and oxygen atoms in total. The molecule has 7 heteroatoms. The Bertz CT molecular complexity index is 594. The molecule has 2 rings (SSSR count). The summed E-state index contributed by atoms with van der Waals surface area (Å²) in [7, 11) is 0. The molecule has 102 valence electrons. The first-order valence-electron chi connectivity index (χ1n) is 5.16. The van der Waals surface area contributed by atoms with E-state index in [0.717, 1.165) is 15.4 Å². The number of alkyl halides is 3. The van der Waals surface area contributed by atoms with Gasteiger partial charge in [0.05, 0.1) is 11.6 Å². The lowest BCUT2D eigenvalue weighted by Gasteiger charge is -2.14. The van der Waals surface area contributed by atoms with Gasteiger partial charge in [-0.3, -0.25) is 0 Å². The molecule has 0 spiro atoms. The summed E-state index contributed by atoms with van der Waals surface area (Å²) < 4.78 is 51.5. The van der Waals surface area contributed by atoms with Crippen molar-refractivity contribution in [2.75, 3.05) is 0 Å². The van der Waals surface area contributed by atoms with Gasteiger partial charge in [0.1, 0.15) is 5.82 Å². The molecule has 2 N–H and O–H groups in total. The first kappa shape index (κ1) is 14.5. The van der Waals surface area contributed by atoms with Crippen LogP contribution in [0, 0.1) is 5.82 Å². The van der Waals surface area contributed by atoms with Crippen LogP contribution in [0.5, 0.6) is 0 Å². The van der Waals surface area contributed by atoms with E-state index in [1.807, 2.05) is 0 Å². The maximum Gasteiger partial charge on any atom is 0.419 e. The van der Waals surface area contributed by atoms with E-state index in [9.17, 15) is 17.6 Å². The zero-order valence-corrected chi connectivity index (χ0v) is 11.7. The van der Waals surface area contributed by atoms with Crippen LogP contribution in [0.3, 0.4) is 0 Å². The summed E-state index contributed by atoms with van der Waals surface area (Å²) in [4.78, 5) is 0.735. The fourth-order valence-corrected chi connectivity index (χ4v) is 3.28. The average Bonchev–Trinajstić information content (AvgIpc) is 2.72. The third-order valence-corrected chi connectivity index (χ3v) is 4.54. The van der Waals surface area contributed by atoms with Crippen LogP contribution in [0.2, 0.25) is 0 Å². The summed E-state index contributed by atoms with van der Waals surface area (Å²) in [5, 5.41) is 1.79. The molecule has 1 atom stereocenters. The van der Waals surface area contributed by atoms with Crippen molar-refractivity contribution in [1.82, 2.24) is 0 Å². The summed E-state index contributed by atoms with van der Waals surface area (Å²) in [5.74, 6) is -1.31. The van der Waals surface area contributed by atoms with Gasteiger partial charge in [0, 0.05) is 9.35 Å². The van der Waals surface area contributed by atoms with E-state index in [-0.39, 0.29) is 0 Å². The fourth-order valence-electron chi connectivity index (χ4n) is 1.63. The Morgan fingerprint density at radius 1 is 1.21 bits per heavy atom. The van der Waals surface area contributed by atoms with Crippen molar-refractivity contribution in [2.45, 2.75) is 12.2 Å². The molecule has 0 radical (unpaired) electrons. The van der Waals surface area contributed by atoms with Crippen LogP contribution >= 0.6 is 27.3 Å². The highest BCUT2D eigenvalue weighted by Crippen LogP contribution is 2.35. The third kappa shape index (κ3) is 2.98.